The summed E-state index contributed by atoms with van der Waals surface area (Å²) in [5.41, 5.74) is 1.43. The van der Waals surface area contributed by atoms with E-state index in [1.54, 1.807) is 28.3 Å². The van der Waals surface area contributed by atoms with Crippen molar-refractivity contribution < 1.29 is 0 Å². The maximum Gasteiger partial charge on any atom is 0.354 e. The first-order valence-electron chi connectivity index (χ1n) is 7.29. The molecule has 0 radical (unpaired) electrons. The summed E-state index contributed by atoms with van der Waals surface area (Å²) < 4.78 is 2.73. The Bertz CT molecular complexity index is 894. The van der Waals surface area contributed by atoms with Crippen LogP contribution in [0.2, 0.25) is 0 Å². The number of hydrogen-bond acceptors (Lipinski definition) is 5. The summed E-state index contributed by atoms with van der Waals surface area (Å²) in [4.78, 5) is 24.2. The van der Waals surface area contributed by atoms with Crippen LogP contribution in [0.15, 0.2) is 35.4 Å². The molecule has 22 heavy (non-hydrogen) atoms. The highest BCUT2D eigenvalue weighted by molar-refractivity contribution is 7.19. The van der Waals surface area contributed by atoms with Gasteiger partial charge in [-0.1, -0.05) is 0 Å². The van der Waals surface area contributed by atoms with Gasteiger partial charge in [0.2, 0.25) is 0 Å². The zero-order chi connectivity index (χ0) is 15.3. The van der Waals surface area contributed by atoms with Crippen LogP contribution < -0.4 is 10.6 Å². The molecule has 1 saturated carbocycles. The van der Waals surface area contributed by atoms with Crippen LogP contribution in [-0.2, 0) is 0 Å². The average molecular weight is 312 g/mol. The molecule has 0 bridgehead atoms. The fraction of sp³-hybridized carbons (Fsp3) is 0.312. The number of nitrogens with zero attached hydrogens (tertiary/aromatic N) is 4. The molecule has 0 aromatic carbocycles. The zero-order valence-electron chi connectivity index (χ0n) is 12.5. The maximum atomic E-state index is 12.6. The van der Waals surface area contributed by atoms with E-state index in [0.717, 1.165) is 21.7 Å². The normalized spacial score (nSPS) is 14.5. The number of hydrogen-bond donors (Lipinski definition) is 0. The number of rotatable bonds is 3. The lowest BCUT2D eigenvalue weighted by molar-refractivity contribution is 0.933. The van der Waals surface area contributed by atoms with E-state index in [4.69, 9.17) is 0 Å². The molecule has 3 heterocycles. The third-order valence-corrected chi connectivity index (χ3v) is 5.16. The monoisotopic (exact) mass is 312 g/mol. The molecular formula is C16H16N4OS. The molecule has 3 aromatic rings. The molecule has 0 saturated heterocycles. The second-order valence-electron chi connectivity index (χ2n) is 5.80. The van der Waals surface area contributed by atoms with Crippen LogP contribution in [-0.4, -0.2) is 28.6 Å². The van der Waals surface area contributed by atoms with E-state index in [1.165, 1.54) is 17.7 Å². The van der Waals surface area contributed by atoms with Gasteiger partial charge in [-0.2, -0.15) is 4.98 Å². The van der Waals surface area contributed by atoms with Crippen molar-refractivity contribution >= 4 is 27.4 Å². The van der Waals surface area contributed by atoms with Gasteiger partial charge in [0.1, 0.15) is 0 Å². The lowest BCUT2D eigenvalue weighted by Gasteiger charge is -2.14. The molecule has 0 amide bonds. The molecule has 0 aliphatic heterocycles. The summed E-state index contributed by atoms with van der Waals surface area (Å²) in [6.45, 7) is 0. The molecule has 0 N–H and O–H groups in total. The highest BCUT2D eigenvalue weighted by atomic mass is 32.1. The van der Waals surface area contributed by atoms with Gasteiger partial charge in [0.15, 0.2) is 5.82 Å². The van der Waals surface area contributed by atoms with Crippen molar-refractivity contribution in [3.63, 3.8) is 0 Å². The molecule has 0 spiro atoms. The van der Waals surface area contributed by atoms with E-state index in [0.29, 0.717) is 5.92 Å². The lowest BCUT2D eigenvalue weighted by Crippen LogP contribution is -2.25. The van der Waals surface area contributed by atoms with Crippen LogP contribution in [0.5, 0.6) is 0 Å². The Morgan fingerprint density at radius 3 is 2.82 bits per heavy atom. The topological polar surface area (TPSA) is 51.0 Å². The molecule has 5 nitrogen and oxygen atoms in total. The van der Waals surface area contributed by atoms with Gasteiger partial charge < -0.3 is 4.90 Å². The number of anilines is 1. The lowest BCUT2D eigenvalue weighted by atomic mass is 10.3. The van der Waals surface area contributed by atoms with Crippen molar-refractivity contribution in [1.29, 1.82) is 0 Å². The highest BCUT2D eigenvalue weighted by Crippen LogP contribution is 2.46. The van der Waals surface area contributed by atoms with Gasteiger partial charge in [0, 0.05) is 25.2 Å². The van der Waals surface area contributed by atoms with E-state index in [-0.39, 0.29) is 5.69 Å². The summed E-state index contributed by atoms with van der Waals surface area (Å²) in [6.07, 6.45) is 5.90. The van der Waals surface area contributed by atoms with Crippen molar-refractivity contribution in [2.24, 2.45) is 0 Å². The molecule has 112 valence electrons. The maximum absolute atomic E-state index is 12.6. The first kappa shape index (κ1) is 13.5. The molecular weight excluding hydrogens is 296 g/mol. The number of pyridine rings is 1. The van der Waals surface area contributed by atoms with E-state index in [9.17, 15) is 4.79 Å². The molecule has 1 aliphatic rings. The molecule has 3 aromatic heterocycles. The quantitative estimate of drug-likeness (QED) is 0.746. The Kier molecular flexibility index (Phi) is 3.00. The predicted octanol–water partition coefficient (Wildman–Crippen LogP) is 2.79. The van der Waals surface area contributed by atoms with Gasteiger partial charge in [0.05, 0.1) is 22.1 Å². The highest BCUT2D eigenvalue weighted by Gasteiger charge is 2.27. The summed E-state index contributed by atoms with van der Waals surface area (Å²) in [6, 6.07) is 5.88. The minimum Gasteiger partial charge on any atom is -0.361 e. The van der Waals surface area contributed by atoms with Crippen LogP contribution in [0.25, 0.3) is 15.9 Å². The summed E-state index contributed by atoms with van der Waals surface area (Å²) in [7, 11) is 3.85. The van der Waals surface area contributed by atoms with Gasteiger partial charge in [-0.3, -0.25) is 9.55 Å². The number of aromatic nitrogens is 3. The van der Waals surface area contributed by atoms with Crippen LogP contribution in [0.3, 0.4) is 0 Å². The Hall–Kier alpha value is -2.21. The van der Waals surface area contributed by atoms with Crippen LogP contribution in [0, 0.1) is 0 Å². The standard InChI is InChI=1S/C16H16N4OS/c1-19(2)15-14-12(8-13(22-14)10-5-6-10)20(16(21)18-15)11-4-3-7-17-9-11/h3-4,7-10H,5-6H2,1-2H3. The van der Waals surface area contributed by atoms with Gasteiger partial charge in [-0.25, -0.2) is 4.79 Å². The minimum absolute atomic E-state index is 0.260. The van der Waals surface area contributed by atoms with Crippen molar-refractivity contribution in [3.8, 4) is 5.69 Å². The van der Waals surface area contributed by atoms with Gasteiger partial charge in [-0.15, -0.1) is 11.3 Å². The predicted molar refractivity (Wildman–Crippen MR) is 89.3 cm³/mol. The summed E-state index contributed by atoms with van der Waals surface area (Å²) in [5, 5.41) is 0. The fourth-order valence-electron chi connectivity index (χ4n) is 2.63. The van der Waals surface area contributed by atoms with Crippen molar-refractivity contribution in [3.05, 3.63) is 46.0 Å². The first-order valence-corrected chi connectivity index (χ1v) is 8.11. The van der Waals surface area contributed by atoms with Crippen molar-refractivity contribution in [1.82, 2.24) is 14.5 Å². The van der Waals surface area contributed by atoms with E-state index >= 15 is 0 Å². The molecule has 0 unspecified atom stereocenters. The van der Waals surface area contributed by atoms with E-state index in [1.807, 2.05) is 31.1 Å². The Morgan fingerprint density at radius 2 is 2.18 bits per heavy atom. The molecule has 0 atom stereocenters. The third kappa shape index (κ3) is 2.11. The van der Waals surface area contributed by atoms with Gasteiger partial charge in [-0.05, 0) is 37.0 Å². The summed E-state index contributed by atoms with van der Waals surface area (Å²) in [5.74, 6) is 1.40. The van der Waals surface area contributed by atoms with Crippen molar-refractivity contribution in [2.45, 2.75) is 18.8 Å². The molecule has 4 rings (SSSR count). The minimum atomic E-state index is -0.260. The number of fused-ring (bicyclic) bond motifs is 1. The fourth-order valence-corrected chi connectivity index (χ4v) is 4.01. The van der Waals surface area contributed by atoms with Gasteiger partial charge >= 0.3 is 5.69 Å². The second kappa shape index (κ2) is 4.91. The Labute approximate surface area is 131 Å². The second-order valence-corrected chi connectivity index (χ2v) is 6.88. The van der Waals surface area contributed by atoms with Gasteiger partial charge in [0.25, 0.3) is 0 Å². The van der Waals surface area contributed by atoms with Crippen LogP contribution >= 0.6 is 11.3 Å². The number of thiophene rings is 1. The van der Waals surface area contributed by atoms with E-state index in [2.05, 4.69) is 16.0 Å². The molecule has 1 fully saturated rings. The molecule has 6 heteroatoms. The molecule has 1 aliphatic carbocycles. The third-order valence-electron chi connectivity index (χ3n) is 3.88. The average Bonchev–Trinajstić information content (AvgIpc) is 3.27. The van der Waals surface area contributed by atoms with Crippen LogP contribution in [0.4, 0.5) is 5.82 Å². The smallest absolute Gasteiger partial charge is 0.354 e. The SMILES string of the molecule is CN(C)c1nc(=O)n(-c2cccnc2)c2cc(C3CC3)sc12. The van der Waals surface area contributed by atoms with Crippen LogP contribution in [0.1, 0.15) is 23.6 Å². The van der Waals surface area contributed by atoms with Crippen molar-refractivity contribution in [2.75, 3.05) is 19.0 Å². The largest absolute Gasteiger partial charge is 0.361 e. The zero-order valence-corrected chi connectivity index (χ0v) is 13.3. The first-order chi connectivity index (χ1) is 10.6. The Morgan fingerprint density at radius 1 is 1.36 bits per heavy atom. The summed E-state index contributed by atoms with van der Waals surface area (Å²) >= 11 is 1.76. The Balaban J connectivity index is 2.06. The van der Waals surface area contributed by atoms with E-state index < -0.39 is 0 Å².